The lowest BCUT2D eigenvalue weighted by Gasteiger charge is -2.28. The molecule has 3 aromatic carbocycles. The molecule has 1 aliphatic carbocycles. The number of rotatable bonds is 6. The van der Waals surface area contributed by atoms with Gasteiger partial charge in [-0.1, -0.05) is 85.3 Å². The van der Waals surface area contributed by atoms with Gasteiger partial charge in [0.05, 0.1) is 5.41 Å². The van der Waals surface area contributed by atoms with E-state index in [4.69, 9.17) is 11.6 Å². The van der Waals surface area contributed by atoms with Crippen molar-refractivity contribution in [2.75, 3.05) is 0 Å². The summed E-state index contributed by atoms with van der Waals surface area (Å²) in [5, 5.41) is -0.269. The van der Waals surface area contributed by atoms with E-state index in [0.717, 1.165) is 47.9 Å². The lowest BCUT2D eigenvalue weighted by Crippen LogP contribution is -2.32. The molecule has 0 bridgehead atoms. The zero-order chi connectivity index (χ0) is 18.0. The first-order chi connectivity index (χ1) is 12.7. The van der Waals surface area contributed by atoms with Crippen molar-refractivity contribution >= 4 is 16.8 Å². The van der Waals surface area contributed by atoms with E-state index in [0.29, 0.717) is 0 Å². The summed E-state index contributed by atoms with van der Waals surface area (Å²) in [6.45, 7) is 0. The van der Waals surface area contributed by atoms with E-state index in [1.54, 1.807) is 0 Å². The summed E-state index contributed by atoms with van der Waals surface area (Å²) >= 11 is 6.25. The van der Waals surface area contributed by atoms with E-state index in [-0.39, 0.29) is 5.24 Å². The molecule has 0 atom stereocenters. The van der Waals surface area contributed by atoms with Gasteiger partial charge >= 0.3 is 0 Å². The number of fused-ring (bicyclic) bond motifs is 3. The summed E-state index contributed by atoms with van der Waals surface area (Å²) in [5.41, 5.74) is 5.01. The van der Waals surface area contributed by atoms with Gasteiger partial charge in [-0.15, -0.1) is 0 Å². The van der Waals surface area contributed by atoms with Gasteiger partial charge in [0.1, 0.15) is 0 Å². The largest absolute Gasteiger partial charge is 0.280 e. The van der Waals surface area contributed by atoms with Crippen molar-refractivity contribution in [3.8, 4) is 11.1 Å². The fourth-order valence-electron chi connectivity index (χ4n) is 4.27. The third-order valence-corrected chi connectivity index (χ3v) is 5.83. The minimum Gasteiger partial charge on any atom is -0.280 e. The maximum Gasteiger partial charge on any atom is 0.236 e. The number of benzene rings is 3. The van der Waals surface area contributed by atoms with Crippen LogP contribution in [0.2, 0.25) is 0 Å². The van der Waals surface area contributed by atoms with Gasteiger partial charge < -0.3 is 0 Å². The van der Waals surface area contributed by atoms with Gasteiger partial charge in [-0.3, -0.25) is 4.79 Å². The molecule has 0 heterocycles. The smallest absolute Gasteiger partial charge is 0.236 e. The van der Waals surface area contributed by atoms with Gasteiger partial charge in [0.15, 0.2) is 0 Å². The third kappa shape index (κ3) is 2.77. The molecule has 0 saturated carbocycles. The van der Waals surface area contributed by atoms with E-state index < -0.39 is 5.41 Å². The molecule has 1 aliphatic rings. The van der Waals surface area contributed by atoms with Crippen LogP contribution >= 0.6 is 11.6 Å². The van der Waals surface area contributed by atoms with Gasteiger partial charge in [0.25, 0.3) is 0 Å². The van der Waals surface area contributed by atoms with Gasteiger partial charge in [-0.05, 0) is 58.7 Å². The molecule has 0 aromatic heterocycles. The third-order valence-electron chi connectivity index (χ3n) is 5.51. The van der Waals surface area contributed by atoms with Crippen LogP contribution < -0.4 is 0 Å². The predicted molar refractivity (Wildman–Crippen MR) is 108 cm³/mol. The van der Waals surface area contributed by atoms with Crippen LogP contribution in [-0.2, 0) is 16.6 Å². The number of hydrogen-bond donors (Lipinski definition) is 0. The summed E-state index contributed by atoms with van der Waals surface area (Å²) in [6, 6.07) is 26.9. The Labute approximate surface area is 159 Å². The zero-order valence-corrected chi connectivity index (χ0v) is 15.4. The van der Waals surface area contributed by atoms with Gasteiger partial charge in [-0.2, -0.15) is 0 Å². The molecule has 4 rings (SSSR count). The van der Waals surface area contributed by atoms with Crippen molar-refractivity contribution < 1.29 is 4.79 Å². The number of unbranched alkanes of at least 4 members (excludes halogenated alkanes) is 1. The van der Waals surface area contributed by atoms with Crippen molar-refractivity contribution in [1.82, 2.24) is 0 Å². The standard InChI is InChI=1S/C24H21ClO/c25-23(26)24(17-9-8-12-18-10-2-1-3-11-18)21-15-6-4-13-19(21)20-14-5-7-16-22(20)24/h1-7,10-11,13-16H,8-9,12,17H2. The average Bonchev–Trinajstić information content (AvgIpc) is 2.98. The quantitative estimate of drug-likeness (QED) is 0.381. The maximum atomic E-state index is 12.7. The molecule has 0 spiro atoms. The molecule has 3 aromatic rings. The highest BCUT2D eigenvalue weighted by Gasteiger charge is 2.47. The highest BCUT2D eigenvalue weighted by molar-refractivity contribution is 6.66. The molecule has 1 nitrogen and oxygen atoms in total. The number of carbonyl (C=O) groups excluding carboxylic acids is 1. The summed E-state index contributed by atoms with van der Waals surface area (Å²) in [7, 11) is 0. The van der Waals surface area contributed by atoms with Gasteiger partial charge in [0, 0.05) is 0 Å². The molecule has 0 N–H and O–H groups in total. The molecule has 2 heteroatoms. The first-order valence-electron chi connectivity index (χ1n) is 9.17. The average molecular weight is 361 g/mol. The molecule has 0 amide bonds. The van der Waals surface area contributed by atoms with Crippen molar-refractivity contribution in [2.24, 2.45) is 0 Å². The van der Waals surface area contributed by atoms with Gasteiger partial charge in [0.2, 0.25) is 5.24 Å². The Bertz CT molecular complexity index is 884. The normalized spacial score (nSPS) is 13.9. The van der Waals surface area contributed by atoms with Crippen LogP contribution in [0.4, 0.5) is 0 Å². The van der Waals surface area contributed by atoms with Crippen LogP contribution in [-0.4, -0.2) is 5.24 Å². The molecule has 0 saturated heterocycles. The Kier molecular flexibility index (Phi) is 4.65. The van der Waals surface area contributed by atoms with Crippen LogP contribution in [0.1, 0.15) is 36.0 Å². The number of halogens is 1. The van der Waals surface area contributed by atoms with E-state index in [2.05, 4.69) is 48.5 Å². The fourth-order valence-corrected chi connectivity index (χ4v) is 4.57. The second-order valence-electron chi connectivity index (χ2n) is 6.96. The van der Waals surface area contributed by atoms with Crippen molar-refractivity contribution in [1.29, 1.82) is 0 Å². The SMILES string of the molecule is O=C(Cl)C1(CCCCc2ccccc2)c2ccccc2-c2ccccc21. The second kappa shape index (κ2) is 7.09. The molecule has 26 heavy (non-hydrogen) atoms. The van der Waals surface area contributed by atoms with Crippen molar-refractivity contribution in [3.63, 3.8) is 0 Å². The lowest BCUT2D eigenvalue weighted by molar-refractivity contribution is -0.115. The molecule has 0 radical (unpaired) electrons. The highest BCUT2D eigenvalue weighted by atomic mass is 35.5. The van der Waals surface area contributed by atoms with Crippen LogP contribution in [0.3, 0.4) is 0 Å². The Hall–Kier alpha value is -2.38. The molecular weight excluding hydrogens is 340 g/mol. The minimum atomic E-state index is -0.717. The van der Waals surface area contributed by atoms with Crippen molar-refractivity contribution in [3.05, 3.63) is 95.6 Å². The summed E-state index contributed by atoms with van der Waals surface area (Å²) in [4.78, 5) is 12.7. The van der Waals surface area contributed by atoms with E-state index >= 15 is 0 Å². The van der Waals surface area contributed by atoms with E-state index in [1.807, 2.05) is 30.3 Å². The summed E-state index contributed by atoms with van der Waals surface area (Å²) in [6.07, 6.45) is 3.77. The first kappa shape index (κ1) is 17.1. The molecule has 0 unspecified atom stereocenters. The monoisotopic (exact) mass is 360 g/mol. The van der Waals surface area contributed by atoms with Crippen LogP contribution in [0.5, 0.6) is 0 Å². The summed E-state index contributed by atoms with van der Waals surface area (Å²) < 4.78 is 0. The topological polar surface area (TPSA) is 17.1 Å². The van der Waals surface area contributed by atoms with Crippen molar-refractivity contribution in [2.45, 2.75) is 31.1 Å². The first-order valence-corrected chi connectivity index (χ1v) is 9.54. The number of aryl methyl sites for hydroxylation is 1. The van der Waals surface area contributed by atoms with E-state index in [9.17, 15) is 4.79 Å². The highest BCUT2D eigenvalue weighted by Crippen LogP contribution is 2.52. The maximum absolute atomic E-state index is 12.7. The lowest BCUT2D eigenvalue weighted by atomic mass is 9.75. The number of carbonyl (C=O) groups is 1. The molecule has 0 aliphatic heterocycles. The Morgan fingerprint density at radius 1 is 0.731 bits per heavy atom. The molecular formula is C24H21ClO. The fraction of sp³-hybridized carbons (Fsp3) is 0.208. The number of hydrogen-bond acceptors (Lipinski definition) is 1. The van der Waals surface area contributed by atoms with E-state index in [1.165, 1.54) is 5.56 Å². The summed E-state index contributed by atoms with van der Waals surface area (Å²) in [5.74, 6) is 0. The molecule has 130 valence electrons. The van der Waals surface area contributed by atoms with Crippen LogP contribution in [0, 0.1) is 0 Å². The second-order valence-corrected chi connectivity index (χ2v) is 7.31. The Morgan fingerprint density at radius 3 is 1.85 bits per heavy atom. The Morgan fingerprint density at radius 2 is 1.27 bits per heavy atom. The van der Waals surface area contributed by atoms with Crippen LogP contribution in [0.15, 0.2) is 78.9 Å². The minimum absolute atomic E-state index is 0.269. The van der Waals surface area contributed by atoms with Crippen LogP contribution in [0.25, 0.3) is 11.1 Å². The zero-order valence-electron chi connectivity index (χ0n) is 14.6. The van der Waals surface area contributed by atoms with Gasteiger partial charge in [-0.25, -0.2) is 0 Å². The molecule has 0 fully saturated rings. The predicted octanol–water partition coefficient (Wildman–Crippen LogP) is 6.13. The Balaban J connectivity index is 1.63.